The molecular weight excluding hydrogens is 240 g/mol. The lowest BCUT2D eigenvalue weighted by molar-refractivity contribution is -0.168. The summed E-state index contributed by atoms with van der Waals surface area (Å²) in [5.74, 6) is -0.443. The quantitative estimate of drug-likeness (QED) is 0.496. The fraction of sp³-hybridized carbons (Fsp3) is 0.600. The summed E-state index contributed by atoms with van der Waals surface area (Å²) in [5.41, 5.74) is 0. The summed E-state index contributed by atoms with van der Waals surface area (Å²) in [5, 5.41) is 16.8. The molecule has 0 aromatic carbocycles. The van der Waals surface area contributed by atoms with E-state index in [1.807, 2.05) is 24.3 Å². The molecule has 0 spiro atoms. The fourth-order valence-corrected chi connectivity index (χ4v) is 2.16. The Morgan fingerprint density at radius 3 is 1.79 bits per heavy atom. The van der Waals surface area contributed by atoms with Gasteiger partial charge >= 0.3 is 0 Å². The first-order valence-corrected chi connectivity index (χ1v) is 6.70. The second-order valence-corrected chi connectivity index (χ2v) is 4.46. The Balaban J connectivity index is 2.29. The minimum atomic E-state index is -0.443. The Morgan fingerprint density at radius 2 is 1.37 bits per heavy atom. The van der Waals surface area contributed by atoms with E-state index in [1.54, 1.807) is 0 Å². The third-order valence-corrected chi connectivity index (χ3v) is 3.06. The summed E-state index contributed by atoms with van der Waals surface area (Å²) in [4.78, 5) is 0. The molecule has 0 aliphatic carbocycles. The zero-order chi connectivity index (χ0) is 13.8. The van der Waals surface area contributed by atoms with E-state index in [0.29, 0.717) is 13.2 Å². The van der Waals surface area contributed by atoms with Gasteiger partial charge in [0.1, 0.15) is 0 Å². The number of nitrogens with zero attached hydrogens (tertiary/aromatic N) is 2. The Kier molecular flexibility index (Phi) is 7.58. The molecule has 19 heavy (non-hydrogen) atoms. The minimum Gasteiger partial charge on any atom is -0.348 e. The molecule has 0 atom stereocenters. The third-order valence-electron chi connectivity index (χ3n) is 3.06. The van der Waals surface area contributed by atoms with Crippen molar-refractivity contribution >= 4 is 0 Å². The number of hydrogen-bond acceptors (Lipinski definition) is 4. The van der Waals surface area contributed by atoms with Crippen LogP contribution in [0, 0.1) is 22.7 Å². The largest absolute Gasteiger partial charge is 0.348 e. The molecule has 4 nitrogen and oxygen atoms in total. The van der Waals surface area contributed by atoms with Crippen LogP contribution in [0.4, 0.5) is 0 Å². The molecule has 0 unspecified atom stereocenters. The second-order valence-electron chi connectivity index (χ2n) is 4.46. The third kappa shape index (κ3) is 6.20. The van der Waals surface area contributed by atoms with E-state index in [9.17, 15) is 0 Å². The zero-order valence-corrected chi connectivity index (χ0v) is 11.2. The van der Waals surface area contributed by atoms with Crippen LogP contribution in [-0.2, 0) is 9.47 Å². The van der Waals surface area contributed by atoms with Crippen LogP contribution in [-0.4, -0.2) is 19.0 Å². The first-order valence-electron chi connectivity index (χ1n) is 6.70. The van der Waals surface area contributed by atoms with Crippen molar-refractivity contribution in [2.45, 2.75) is 44.3 Å². The lowest BCUT2D eigenvalue weighted by atomic mass is 10.0. The highest BCUT2D eigenvalue weighted by molar-refractivity contribution is 5.02. The van der Waals surface area contributed by atoms with Gasteiger partial charge in [-0.25, -0.2) is 0 Å². The Labute approximate surface area is 114 Å². The van der Waals surface area contributed by atoms with E-state index >= 15 is 0 Å². The molecule has 1 aliphatic rings. The van der Waals surface area contributed by atoms with Gasteiger partial charge in [-0.2, -0.15) is 10.5 Å². The molecule has 0 aromatic rings. The van der Waals surface area contributed by atoms with Crippen molar-refractivity contribution in [3.05, 3.63) is 24.3 Å². The molecule has 0 N–H and O–H groups in total. The predicted octanol–water partition coefficient (Wildman–Crippen LogP) is 3.23. The van der Waals surface area contributed by atoms with Crippen LogP contribution in [0.5, 0.6) is 0 Å². The maximum absolute atomic E-state index is 8.40. The van der Waals surface area contributed by atoms with Gasteiger partial charge in [0.15, 0.2) is 5.79 Å². The van der Waals surface area contributed by atoms with Crippen LogP contribution in [0.2, 0.25) is 0 Å². The molecular formula is C15H20N2O2. The molecule has 0 amide bonds. The van der Waals surface area contributed by atoms with Gasteiger partial charge in [-0.1, -0.05) is 12.2 Å². The van der Waals surface area contributed by atoms with Gasteiger partial charge in [-0.15, -0.1) is 0 Å². The average molecular weight is 260 g/mol. The summed E-state index contributed by atoms with van der Waals surface area (Å²) < 4.78 is 11.5. The predicted molar refractivity (Wildman–Crippen MR) is 71.8 cm³/mol. The first kappa shape index (κ1) is 15.4. The van der Waals surface area contributed by atoms with Crippen molar-refractivity contribution in [1.29, 1.82) is 10.5 Å². The molecule has 4 heteroatoms. The highest BCUT2D eigenvalue weighted by Gasteiger charge is 2.34. The average Bonchev–Trinajstić information content (AvgIpc) is 2.88. The van der Waals surface area contributed by atoms with E-state index in [-0.39, 0.29) is 0 Å². The zero-order valence-electron chi connectivity index (χ0n) is 11.2. The first-order chi connectivity index (χ1) is 9.33. The van der Waals surface area contributed by atoms with Crippen LogP contribution in [0.3, 0.4) is 0 Å². The van der Waals surface area contributed by atoms with Crippen molar-refractivity contribution in [3.63, 3.8) is 0 Å². The number of ether oxygens (including phenoxy) is 2. The molecule has 1 fully saturated rings. The number of rotatable bonds is 8. The molecule has 1 aliphatic heterocycles. The second kappa shape index (κ2) is 9.33. The van der Waals surface area contributed by atoms with Gasteiger partial charge in [0, 0.05) is 25.0 Å². The Bertz CT molecular complexity index is 350. The van der Waals surface area contributed by atoms with Gasteiger partial charge < -0.3 is 9.47 Å². The monoisotopic (exact) mass is 260 g/mol. The normalized spacial score (nSPS) is 17.8. The summed E-state index contributed by atoms with van der Waals surface area (Å²) in [6.45, 7) is 1.31. The smallest absolute Gasteiger partial charge is 0.168 e. The molecule has 0 saturated carbocycles. The molecule has 1 rings (SSSR count). The lowest BCUT2D eigenvalue weighted by Gasteiger charge is -2.27. The summed E-state index contributed by atoms with van der Waals surface area (Å²) >= 11 is 0. The standard InChI is InChI=1S/C15H20N2O2/c16-11-7-3-1-5-9-15(18-13-14-19-15)10-6-2-4-8-12-17/h3-4,7-8H,1-2,5-6,9-10,13-14H2/b7-3-,8-4-. The van der Waals surface area contributed by atoms with E-state index < -0.39 is 5.79 Å². The van der Waals surface area contributed by atoms with Crippen molar-refractivity contribution < 1.29 is 9.47 Å². The highest BCUT2D eigenvalue weighted by Crippen LogP contribution is 2.31. The fourth-order valence-electron chi connectivity index (χ4n) is 2.16. The SMILES string of the molecule is N#C/C=C\CCCC1(CCC/C=C\C#N)OCCO1. The molecule has 0 bridgehead atoms. The van der Waals surface area contributed by atoms with Crippen LogP contribution in [0.25, 0.3) is 0 Å². The molecule has 1 saturated heterocycles. The molecule has 0 aromatic heterocycles. The van der Waals surface area contributed by atoms with E-state index in [0.717, 1.165) is 38.5 Å². The summed E-state index contributed by atoms with van der Waals surface area (Å²) in [7, 11) is 0. The van der Waals surface area contributed by atoms with Gasteiger partial charge in [0.2, 0.25) is 0 Å². The van der Waals surface area contributed by atoms with Crippen LogP contribution >= 0.6 is 0 Å². The van der Waals surface area contributed by atoms with Crippen molar-refractivity contribution in [2.75, 3.05) is 13.2 Å². The number of allylic oxidation sites excluding steroid dienone is 4. The maximum atomic E-state index is 8.40. The highest BCUT2D eigenvalue weighted by atomic mass is 16.7. The van der Waals surface area contributed by atoms with Crippen LogP contribution in [0.1, 0.15) is 38.5 Å². The molecule has 102 valence electrons. The number of hydrogen-bond donors (Lipinski definition) is 0. The van der Waals surface area contributed by atoms with Crippen molar-refractivity contribution in [3.8, 4) is 12.1 Å². The van der Waals surface area contributed by atoms with Gasteiger partial charge in [-0.05, 0) is 25.7 Å². The Hall–Kier alpha value is -1.62. The Morgan fingerprint density at radius 1 is 0.895 bits per heavy atom. The van der Waals surface area contributed by atoms with Crippen LogP contribution in [0.15, 0.2) is 24.3 Å². The topological polar surface area (TPSA) is 66.0 Å². The minimum absolute atomic E-state index is 0.443. The molecule has 1 heterocycles. The van der Waals surface area contributed by atoms with Crippen molar-refractivity contribution in [2.24, 2.45) is 0 Å². The number of unbranched alkanes of at least 4 members (excludes halogenated alkanes) is 2. The number of nitriles is 2. The summed E-state index contributed by atoms with van der Waals surface area (Å²) in [6.07, 6.45) is 12.1. The maximum Gasteiger partial charge on any atom is 0.168 e. The van der Waals surface area contributed by atoms with Crippen molar-refractivity contribution in [1.82, 2.24) is 0 Å². The summed E-state index contributed by atoms with van der Waals surface area (Å²) in [6, 6.07) is 3.97. The van der Waals surface area contributed by atoms with E-state index in [1.165, 1.54) is 12.2 Å². The van der Waals surface area contributed by atoms with Gasteiger partial charge in [-0.3, -0.25) is 0 Å². The lowest BCUT2D eigenvalue weighted by Crippen LogP contribution is -2.29. The van der Waals surface area contributed by atoms with E-state index in [2.05, 4.69) is 0 Å². The van der Waals surface area contributed by atoms with Crippen LogP contribution < -0.4 is 0 Å². The van der Waals surface area contributed by atoms with Gasteiger partial charge in [0.25, 0.3) is 0 Å². The van der Waals surface area contributed by atoms with E-state index in [4.69, 9.17) is 20.0 Å². The molecule has 0 radical (unpaired) electrons. The van der Waals surface area contributed by atoms with Gasteiger partial charge in [0.05, 0.1) is 25.4 Å².